The van der Waals surface area contributed by atoms with E-state index in [4.69, 9.17) is 0 Å². The summed E-state index contributed by atoms with van der Waals surface area (Å²) in [6.07, 6.45) is 3.36. The molecule has 0 aliphatic heterocycles. The molecule has 1 rings (SSSR count). The Hall–Kier alpha value is -0.840. The molecule has 0 bridgehead atoms. The van der Waals surface area contributed by atoms with Gasteiger partial charge >= 0.3 is 0 Å². The minimum absolute atomic E-state index is 0.0292. The van der Waals surface area contributed by atoms with Gasteiger partial charge in [0, 0.05) is 37.9 Å². The predicted molar refractivity (Wildman–Crippen MR) is 61.2 cm³/mol. The average Bonchev–Trinajstić information content (AvgIpc) is 2.18. The van der Waals surface area contributed by atoms with Gasteiger partial charge in [0.25, 0.3) is 5.56 Å². The molecule has 0 amide bonds. The first-order chi connectivity index (χ1) is 6.70. The fourth-order valence-corrected chi connectivity index (χ4v) is 1.71. The first-order valence-electron chi connectivity index (χ1n) is 4.53. The van der Waals surface area contributed by atoms with Crippen LogP contribution in [-0.2, 0) is 6.54 Å². The van der Waals surface area contributed by atoms with Gasteiger partial charge in [0.05, 0.1) is 0 Å². The number of nitrogens with zero attached hydrogens (tertiary/aromatic N) is 3. The maximum Gasteiger partial charge on any atom is 0.293 e. The first-order valence-corrected chi connectivity index (χ1v) is 5.65. The van der Waals surface area contributed by atoms with E-state index in [9.17, 15) is 4.79 Å². The lowest BCUT2D eigenvalue weighted by molar-refractivity contribution is 0.711. The van der Waals surface area contributed by atoms with Crippen LogP contribution in [0.25, 0.3) is 0 Å². The molecule has 1 aromatic heterocycles. The van der Waals surface area contributed by atoms with Crippen molar-refractivity contribution in [1.82, 2.24) is 9.55 Å². The Labute approximate surface area is 91.7 Å². The summed E-state index contributed by atoms with van der Waals surface area (Å²) >= 11 is 3.33. The Morgan fingerprint density at radius 2 is 2.36 bits per heavy atom. The van der Waals surface area contributed by atoms with Crippen molar-refractivity contribution in [3.05, 3.63) is 22.7 Å². The van der Waals surface area contributed by atoms with Gasteiger partial charge in [-0.3, -0.25) is 4.79 Å². The van der Waals surface area contributed by atoms with E-state index in [1.807, 2.05) is 18.9 Å². The molecule has 0 aromatic carbocycles. The Morgan fingerprint density at radius 3 is 2.93 bits per heavy atom. The van der Waals surface area contributed by atoms with E-state index in [0.717, 1.165) is 11.9 Å². The maximum absolute atomic E-state index is 11.8. The standard InChI is InChI=1S/C9H14BrN3O/c1-3-13-7-5-11-8(9(13)14)12(2)6-4-10/h5,7H,3-4,6H2,1-2H3. The monoisotopic (exact) mass is 259 g/mol. The second kappa shape index (κ2) is 5.14. The Morgan fingerprint density at radius 1 is 1.64 bits per heavy atom. The number of hydrogen-bond acceptors (Lipinski definition) is 3. The topological polar surface area (TPSA) is 38.1 Å². The van der Waals surface area contributed by atoms with Crippen molar-refractivity contribution >= 4 is 21.7 Å². The molecule has 0 atom stereocenters. The van der Waals surface area contributed by atoms with Crippen molar-refractivity contribution in [2.45, 2.75) is 13.5 Å². The average molecular weight is 260 g/mol. The zero-order chi connectivity index (χ0) is 10.6. The largest absolute Gasteiger partial charge is 0.354 e. The lowest BCUT2D eigenvalue weighted by Gasteiger charge is -2.16. The van der Waals surface area contributed by atoms with Gasteiger partial charge in [-0.25, -0.2) is 4.98 Å². The molecular weight excluding hydrogens is 246 g/mol. The molecule has 0 aliphatic carbocycles. The minimum atomic E-state index is -0.0292. The highest BCUT2D eigenvalue weighted by atomic mass is 79.9. The fourth-order valence-electron chi connectivity index (χ4n) is 1.18. The van der Waals surface area contributed by atoms with Crippen molar-refractivity contribution in [2.24, 2.45) is 0 Å². The van der Waals surface area contributed by atoms with Crippen LogP contribution in [0.4, 0.5) is 5.82 Å². The molecule has 0 radical (unpaired) electrons. The molecule has 0 saturated carbocycles. The molecule has 0 spiro atoms. The summed E-state index contributed by atoms with van der Waals surface area (Å²) in [6.45, 7) is 3.39. The van der Waals surface area contributed by atoms with E-state index < -0.39 is 0 Å². The SMILES string of the molecule is CCn1ccnc(N(C)CCBr)c1=O. The van der Waals surface area contributed by atoms with E-state index >= 15 is 0 Å². The van der Waals surface area contributed by atoms with Crippen LogP contribution >= 0.6 is 15.9 Å². The highest BCUT2D eigenvalue weighted by molar-refractivity contribution is 9.09. The number of alkyl halides is 1. The van der Waals surface area contributed by atoms with Crippen molar-refractivity contribution in [1.29, 1.82) is 0 Å². The molecule has 4 nitrogen and oxygen atoms in total. The van der Waals surface area contributed by atoms with Gasteiger partial charge in [-0.15, -0.1) is 0 Å². The molecule has 0 saturated heterocycles. The van der Waals surface area contributed by atoms with Crippen LogP contribution in [0.5, 0.6) is 0 Å². The molecule has 0 N–H and O–H groups in total. The maximum atomic E-state index is 11.8. The summed E-state index contributed by atoms with van der Waals surface area (Å²) < 4.78 is 1.65. The molecule has 14 heavy (non-hydrogen) atoms. The predicted octanol–water partition coefficient (Wildman–Crippen LogP) is 1.09. The van der Waals surface area contributed by atoms with Gasteiger partial charge in [-0.1, -0.05) is 15.9 Å². The van der Waals surface area contributed by atoms with Gasteiger partial charge < -0.3 is 9.47 Å². The van der Waals surface area contributed by atoms with Crippen LogP contribution < -0.4 is 10.5 Å². The zero-order valence-corrected chi connectivity index (χ0v) is 9.99. The van der Waals surface area contributed by atoms with Crippen molar-refractivity contribution < 1.29 is 0 Å². The number of halogens is 1. The summed E-state index contributed by atoms with van der Waals surface area (Å²) in [7, 11) is 1.87. The van der Waals surface area contributed by atoms with Crippen LogP contribution in [0.15, 0.2) is 17.2 Å². The fraction of sp³-hybridized carbons (Fsp3) is 0.556. The lowest BCUT2D eigenvalue weighted by Crippen LogP contribution is -2.31. The normalized spacial score (nSPS) is 10.2. The Balaban J connectivity index is 3.03. The third kappa shape index (κ3) is 2.35. The van der Waals surface area contributed by atoms with Crippen LogP contribution in [0, 0.1) is 0 Å². The number of hydrogen-bond donors (Lipinski definition) is 0. The van der Waals surface area contributed by atoms with E-state index in [1.165, 1.54) is 0 Å². The van der Waals surface area contributed by atoms with Crippen LogP contribution in [-0.4, -0.2) is 28.5 Å². The molecule has 1 aromatic rings. The summed E-state index contributed by atoms with van der Waals surface area (Å²) in [4.78, 5) is 17.7. The number of aryl methyl sites for hydroxylation is 1. The number of aromatic nitrogens is 2. The van der Waals surface area contributed by atoms with Crippen molar-refractivity contribution in [2.75, 3.05) is 23.8 Å². The minimum Gasteiger partial charge on any atom is -0.354 e. The first kappa shape index (κ1) is 11.2. The van der Waals surface area contributed by atoms with E-state index in [0.29, 0.717) is 12.4 Å². The zero-order valence-electron chi connectivity index (χ0n) is 8.40. The quantitative estimate of drug-likeness (QED) is 0.761. The van der Waals surface area contributed by atoms with Gasteiger partial charge in [-0.2, -0.15) is 0 Å². The molecule has 5 heteroatoms. The van der Waals surface area contributed by atoms with E-state index in [2.05, 4.69) is 20.9 Å². The van der Waals surface area contributed by atoms with E-state index in [-0.39, 0.29) is 5.56 Å². The van der Waals surface area contributed by atoms with E-state index in [1.54, 1.807) is 17.0 Å². The van der Waals surface area contributed by atoms with Crippen molar-refractivity contribution in [3.8, 4) is 0 Å². The summed E-state index contributed by atoms with van der Waals surface area (Å²) in [5.74, 6) is 0.508. The summed E-state index contributed by atoms with van der Waals surface area (Å²) in [5.41, 5.74) is -0.0292. The van der Waals surface area contributed by atoms with Crippen LogP contribution in [0.2, 0.25) is 0 Å². The van der Waals surface area contributed by atoms with Crippen LogP contribution in [0.3, 0.4) is 0 Å². The van der Waals surface area contributed by atoms with Crippen molar-refractivity contribution in [3.63, 3.8) is 0 Å². The Bertz CT molecular complexity index is 350. The second-order valence-corrected chi connectivity index (χ2v) is 3.75. The second-order valence-electron chi connectivity index (χ2n) is 2.95. The lowest BCUT2D eigenvalue weighted by atomic mass is 10.5. The highest BCUT2D eigenvalue weighted by Crippen LogP contribution is 2.00. The third-order valence-electron chi connectivity index (χ3n) is 2.02. The molecular formula is C9H14BrN3O. The molecule has 78 valence electrons. The molecule has 0 aliphatic rings. The summed E-state index contributed by atoms with van der Waals surface area (Å²) in [6, 6.07) is 0. The molecule has 1 heterocycles. The Kier molecular flexibility index (Phi) is 4.13. The van der Waals surface area contributed by atoms with Gasteiger partial charge in [0.2, 0.25) is 0 Å². The highest BCUT2D eigenvalue weighted by Gasteiger charge is 2.07. The van der Waals surface area contributed by atoms with Gasteiger partial charge in [0.15, 0.2) is 5.82 Å². The summed E-state index contributed by atoms with van der Waals surface area (Å²) in [5, 5.41) is 0.825. The number of anilines is 1. The number of rotatable bonds is 4. The third-order valence-corrected chi connectivity index (χ3v) is 2.37. The molecule has 0 fully saturated rings. The van der Waals surface area contributed by atoms with Gasteiger partial charge in [-0.05, 0) is 6.92 Å². The van der Waals surface area contributed by atoms with Gasteiger partial charge in [0.1, 0.15) is 0 Å². The van der Waals surface area contributed by atoms with Crippen LogP contribution in [0.1, 0.15) is 6.92 Å². The molecule has 0 unspecified atom stereocenters. The smallest absolute Gasteiger partial charge is 0.293 e.